The van der Waals surface area contributed by atoms with Crippen LogP contribution in [0.15, 0.2) is 97.6 Å². The van der Waals surface area contributed by atoms with Gasteiger partial charge in [-0.3, -0.25) is 15.1 Å². The monoisotopic (exact) mass is 526 g/mol. The normalized spacial score (nSPS) is 11.4. The second-order valence-electron chi connectivity index (χ2n) is 9.51. The lowest BCUT2D eigenvalue weighted by molar-refractivity contribution is 0.628. The minimum absolute atomic E-state index is 0.300. The molecule has 3 N–H and O–H groups in total. The smallest absolute Gasteiger partial charge is 0.178 e. The van der Waals surface area contributed by atoms with Gasteiger partial charge in [-0.25, -0.2) is 14.4 Å². The lowest BCUT2D eigenvalue weighted by atomic mass is 10.1. The van der Waals surface area contributed by atoms with Crippen molar-refractivity contribution in [2.75, 3.05) is 0 Å². The zero-order valence-corrected chi connectivity index (χ0v) is 21.3. The quantitative estimate of drug-likeness (QED) is 0.233. The van der Waals surface area contributed by atoms with E-state index in [2.05, 4.69) is 53.6 Å². The van der Waals surface area contributed by atoms with Gasteiger partial charge in [-0.15, -0.1) is 0 Å². The molecule has 0 aliphatic carbocycles. The summed E-state index contributed by atoms with van der Waals surface area (Å²) < 4.78 is 13.9. The Morgan fingerprint density at radius 3 is 2.60 bits per heavy atom. The van der Waals surface area contributed by atoms with E-state index >= 15 is 0 Å². The Hall–Kier alpha value is -5.28. The largest absolute Gasteiger partial charge is 0.335 e. The van der Waals surface area contributed by atoms with Gasteiger partial charge in [0, 0.05) is 48.2 Å². The van der Waals surface area contributed by atoms with Crippen LogP contribution >= 0.6 is 0 Å². The fraction of sp³-hybridized carbons (Fsp3) is 0.0645. The molecule has 9 heteroatoms. The number of nitrogens with zero attached hydrogens (tertiary/aromatic N) is 5. The van der Waals surface area contributed by atoms with Crippen molar-refractivity contribution in [1.82, 2.24) is 40.4 Å². The summed E-state index contributed by atoms with van der Waals surface area (Å²) in [5.41, 5.74) is 8.22. The number of hydrogen-bond acceptors (Lipinski definition) is 6. The number of hydrogen-bond donors (Lipinski definition) is 3. The molecule has 0 saturated carbocycles. The summed E-state index contributed by atoms with van der Waals surface area (Å²) in [6.45, 7) is 1.47. The van der Waals surface area contributed by atoms with E-state index in [0.29, 0.717) is 29.2 Å². The molecule has 0 aliphatic heterocycles. The standard InChI is InChI=1S/C31H23FN8/c32-23-8-4-7-21(12-23)24-9-10-35-30-28(24)37-31(38-30)29-25-13-26(36-18-27(25)39-40-29)22-11-20(16-34-17-22)15-33-14-19-5-2-1-3-6-19/h1-13,16-18,33H,14-15H2,(H,39,40)(H,35,37,38). The van der Waals surface area contributed by atoms with E-state index in [1.54, 1.807) is 18.5 Å². The molecule has 2 aromatic carbocycles. The van der Waals surface area contributed by atoms with E-state index in [9.17, 15) is 4.39 Å². The molecule has 0 fully saturated rings. The fourth-order valence-electron chi connectivity index (χ4n) is 4.85. The van der Waals surface area contributed by atoms with Crippen molar-refractivity contribution < 1.29 is 4.39 Å². The number of aromatic nitrogens is 7. The van der Waals surface area contributed by atoms with Gasteiger partial charge in [0.25, 0.3) is 0 Å². The fourth-order valence-corrected chi connectivity index (χ4v) is 4.85. The number of pyridine rings is 3. The van der Waals surface area contributed by atoms with Gasteiger partial charge in [0.1, 0.15) is 11.5 Å². The average molecular weight is 527 g/mol. The maximum atomic E-state index is 13.9. The summed E-state index contributed by atoms with van der Waals surface area (Å²) in [6.07, 6.45) is 7.11. The van der Waals surface area contributed by atoms with Crippen LogP contribution in [0.1, 0.15) is 11.1 Å². The molecular formula is C31H23FN8. The topological polar surface area (TPSA) is 108 Å². The molecule has 7 aromatic rings. The number of imidazole rings is 1. The second-order valence-corrected chi connectivity index (χ2v) is 9.51. The van der Waals surface area contributed by atoms with E-state index in [0.717, 1.165) is 45.4 Å². The molecule has 40 heavy (non-hydrogen) atoms. The van der Waals surface area contributed by atoms with E-state index in [1.807, 2.05) is 48.8 Å². The van der Waals surface area contributed by atoms with Gasteiger partial charge in [-0.2, -0.15) is 5.10 Å². The number of benzene rings is 2. The number of fused-ring (bicyclic) bond motifs is 2. The SMILES string of the molecule is Fc1cccc(-c2ccnc3nc(-c4n[nH]c5cnc(-c6cncc(CNCc7ccccc7)c6)cc45)[nH]c23)c1. The summed E-state index contributed by atoms with van der Waals surface area (Å²) in [5, 5.41) is 11.9. The molecule has 0 bridgehead atoms. The number of H-pyrrole nitrogens is 2. The molecule has 0 radical (unpaired) electrons. The van der Waals surface area contributed by atoms with E-state index in [1.165, 1.54) is 17.7 Å². The second kappa shape index (κ2) is 10.1. The minimum Gasteiger partial charge on any atom is -0.335 e. The third-order valence-corrected chi connectivity index (χ3v) is 6.79. The summed E-state index contributed by atoms with van der Waals surface area (Å²) in [5.74, 6) is 0.262. The van der Waals surface area contributed by atoms with Gasteiger partial charge in [0.2, 0.25) is 0 Å². The predicted octanol–water partition coefficient (Wildman–Crippen LogP) is 6.05. The Kier molecular flexibility index (Phi) is 6.02. The Bertz CT molecular complexity index is 1960. The highest BCUT2D eigenvalue weighted by Crippen LogP contribution is 2.32. The molecule has 0 saturated heterocycles. The Labute approximate surface area is 228 Å². The molecule has 7 rings (SSSR count). The first-order valence-electron chi connectivity index (χ1n) is 12.9. The van der Waals surface area contributed by atoms with Crippen LogP contribution in [0.5, 0.6) is 0 Å². The van der Waals surface area contributed by atoms with Crippen molar-refractivity contribution >= 4 is 22.1 Å². The predicted molar refractivity (Wildman–Crippen MR) is 152 cm³/mol. The molecule has 0 aliphatic rings. The van der Waals surface area contributed by atoms with Gasteiger partial charge in [0.15, 0.2) is 11.5 Å². The first kappa shape index (κ1) is 23.8. The van der Waals surface area contributed by atoms with Gasteiger partial charge >= 0.3 is 0 Å². The van der Waals surface area contributed by atoms with Gasteiger partial charge in [0.05, 0.1) is 22.9 Å². The molecule has 8 nitrogen and oxygen atoms in total. The lowest BCUT2D eigenvalue weighted by Crippen LogP contribution is -2.12. The third kappa shape index (κ3) is 4.59. The first-order chi connectivity index (χ1) is 19.7. The Morgan fingerprint density at radius 1 is 0.800 bits per heavy atom. The van der Waals surface area contributed by atoms with Crippen LogP contribution in [0.2, 0.25) is 0 Å². The highest BCUT2D eigenvalue weighted by atomic mass is 19.1. The summed E-state index contributed by atoms with van der Waals surface area (Å²) in [6, 6.07) is 22.7. The molecule has 5 heterocycles. The molecular weight excluding hydrogens is 503 g/mol. The van der Waals surface area contributed by atoms with Crippen molar-refractivity contribution in [3.63, 3.8) is 0 Å². The zero-order chi connectivity index (χ0) is 26.9. The summed E-state index contributed by atoms with van der Waals surface area (Å²) in [4.78, 5) is 21.6. The van der Waals surface area contributed by atoms with Crippen LogP contribution in [0, 0.1) is 5.82 Å². The summed E-state index contributed by atoms with van der Waals surface area (Å²) >= 11 is 0. The number of rotatable bonds is 7. The molecule has 0 atom stereocenters. The molecule has 0 spiro atoms. The maximum absolute atomic E-state index is 13.9. The number of aromatic amines is 2. The van der Waals surface area contributed by atoms with Crippen LogP contribution in [-0.4, -0.2) is 35.1 Å². The van der Waals surface area contributed by atoms with Crippen molar-refractivity contribution in [2.24, 2.45) is 0 Å². The van der Waals surface area contributed by atoms with Crippen molar-refractivity contribution in [2.45, 2.75) is 13.1 Å². The maximum Gasteiger partial charge on any atom is 0.178 e. The molecule has 0 amide bonds. The van der Waals surface area contributed by atoms with Crippen LogP contribution in [0.3, 0.4) is 0 Å². The highest BCUT2D eigenvalue weighted by molar-refractivity contribution is 5.96. The first-order valence-corrected chi connectivity index (χ1v) is 12.9. The van der Waals surface area contributed by atoms with Gasteiger partial charge < -0.3 is 10.3 Å². The molecule has 0 unspecified atom stereocenters. The molecule has 194 valence electrons. The van der Waals surface area contributed by atoms with Crippen molar-refractivity contribution in [3.05, 3.63) is 115 Å². The van der Waals surface area contributed by atoms with Crippen LogP contribution < -0.4 is 5.32 Å². The number of nitrogens with one attached hydrogen (secondary N) is 3. The minimum atomic E-state index is -0.300. The van der Waals surface area contributed by atoms with Crippen LogP contribution in [0.25, 0.3) is 56.0 Å². The Balaban J connectivity index is 1.20. The van der Waals surface area contributed by atoms with Crippen molar-refractivity contribution in [1.29, 1.82) is 0 Å². The number of halogens is 1. The van der Waals surface area contributed by atoms with Crippen LogP contribution in [-0.2, 0) is 13.1 Å². The lowest BCUT2D eigenvalue weighted by Gasteiger charge is -2.07. The zero-order valence-electron chi connectivity index (χ0n) is 21.3. The van der Waals surface area contributed by atoms with Gasteiger partial charge in [-0.1, -0.05) is 42.5 Å². The third-order valence-electron chi connectivity index (χ3n) is 6.79. The van der Waals surface area contributed by atoms with Gasteiger partial charge in [-0.05, 0) is 47.0 Å². The average Bonchev–Trinajstić information content (AvgIpc) is 3.62. The van der Waals surface area contributed by atoms with E-state index in [-0.39, 0.29) is 5.82 Å². The highest BCUT2D eigenvalue weighted by Gasteiger charge is 2.17. The van der Waals surface area contributed by atoms with Crippen molar-refractivity contribution in [3.8, 4) is 33.9 Å². The van der Waals surface area contributed by atoms with Crippen LogP contribution in [0.4, 0.5) is 4.39 Å². The van der Waals surface area contributed by atoms with E-state index in [4.69, 9.17) is 4.98 Å². The Morgan fingerprint density at radius 2 is 1.70 bits per heavy atom. The van der Waals surface area contributed by atoms with E-state index < -0.39 is 0 Å². The summed E-state index contributed by atoms with van der Waals surface area (Å²) in [7, 11) is 0. The molecule has 5 aromatic heterocycles.